The Balaban J connectivity index is 1.84. The summed E-state index contributed by atoms with van der Waals surface area (Å²) in [5, 5.41) is 1.38. The summed E-state index contributed by atoms with van der Waals surface area (Å²) in [5.41, 5.74) is -0.106. The molecule has 0 saturated heterocycles. The fraction of sp³-hybridized carbons (Fsp3) is 0.364. The normalized spacial score (nSPS) is 20.1. The standard InChI is InChI=1S/C22H21ClF3N3S/c1-30-20-28-19(27-16-9-7-8-15(14-16)22(24,25)26)21(12-5-2-6-13-21)29(20)18-11-4-3-10-17(18)23/h3-4,7-11,14H,2,5-6,12-13H2,1H3. The van der Waals surface area contributed by atoms with Gasteiger partial charge in [-0.1, -0.05) is 60.8 Å². The van der Waals surface area contributed by atoms with E-state index in [1.807, 2.05) is 30.5 Å². The number of rotatable bonds is 2. The molecule has 0 bridgehead atoms. The van der Waals surface area contributed by atoms with Crippen LogP contribution in [0.1, 0.15) is 37.7 Å². The van der Waals surface area contributed by atoms with Gasteiger partial charge >= 0.3 is 6.18 Å². The highest BCUT2D eigenvalue weighted by atomic mass is 35.5. The lowest BCUT2D eigenvalue weighted by molar-refractivity contribution is -0.137. The van der Waals surface area contributed by atoms with E-state index < -0.39 is 17.3 Å². The van der Waals surface area contributed by atoms with Gasteiger partial charge in [0.15, 0.2) is 11.0 Å². The minimum atomic E-state index is -4.41. The number of nitrogens with zero attached hydrogens (tertiary/aromatic N) is 3. The van der Waals surface area contributed by atoms with Crippen LogP contribution in [0.15, 0.2) is 58.5 Å². The molecule has 2 aromatic carbocycles. The van der Waals surface area contributed by atoms with Crippen molar-refractivity contribution in [1.29, 1.82) is 0 Å². The number of thioether (sulfide) groups is 1. The Kier molecular flexibility index (Phi) is 5.86. The number of alkyl halides is 3. The Morgan fingerprint density at radius 1 is 1.07 bits per heavy atom. The molecule has 2 aromatic rings. The fourth-order valence-corrected chi connectivity index (χ4v) is 5.07. The molecule has 0 aromatic heterocycles. The maximum absolute atomic E-state index is 13.2. The van der Waals surface area contributed by atoms with E-state index >= 15 is 0 Å². The average molecular weight is 452 g/mol. The number of amidine groups is 2. The molecule has 4 rings (SSSR count). The summed E-state index contributed by atoms with van der Waals surface area (Å²) < 4.78 is 39.5. The third-order valence-electron chi connectivity index (χ3n) is 5.60. The third kappa shape index (κ3) is 3.85. The van der Waals surface area contributed by atoms with E-state index in [0.29, 0.717) is 10.9 Å². The Morgan fingerprint density at radius 3 is 2.47 bits per heavy atom. The van der Waals surface area contributed by atoms with Crippen molar-refractivity contribution in [2.75, 3.05) is 11.2 Å². The first kappa shape index (κ1) is 21.2. The second-order valence-electron chi connectivity index (χ2n) is 7.46. The molecule has 0 unspecified atom stereocenters. The van der Waals surface area contributed by atoms with Crippen molar-refractivity contribution in [2.45, 2.75) is 43.8 Å². The SMILES string of the molecule is CSC1=NC(=Nc2cccc(C(F)(F)F)c2)C2(CCCCC2)N1c1ccccc1Cl. The van der Waals surface area contributed by atoms with E-state index in [0.717, 1.165) is 55.1 Å². The van der Waals surface area contributed by atoms with Crippen molar-refractivity contribution in [3.8, 4) is 0 Å². The van der Waals surface area contributed by atoms with Crippen LogP contribution in [-0.4, -0.2) is 22.8 Å². The second kappa shape index (κ2) is 8.27. The van der Waals surface area contributed by atoms with Crippen LogP contribution in [-0.2, 0) is 6.18 Å². The molecular weight excluding hydrogens is 431 g/mol. The summed E-state index contributed by atoms with van der Waals surface area (Å²) >= 11 is 8.03. The first-order valence-electron chi connectivity index (χ1n) is 9.79. The van der Waals surface area contributed by atoms with Crippen LogP contribution >= 0.6 is 23.4 Å². The van der Waals surface area contributed by atoms with Gasteiger partial charge in [0, 0.05) is 0 Å². The van der Waals surface area contributed by atoms with Crippen LogP contribution in [0.2, 0.25) is 5.02 Å². The van der Waals surface area contributed by atoms with Crippen molar-refractivity contribution in [1.82, 2.24) is 0 Å². The Hall–Kier alpha value is -1.99. The number of para-hydroxylation sites is 1. The van der Waals surface area contributed by atoms with E-state index in [1.54, 1.807) is 6.07 Å². The molecule has 1 aliphatic carbocycles. The van der Waals surface area contributed by atoms with E-state index in [1.165, 1.54) is 17.8 Å². The van der Waals surface area contributed by atoms with Gasteiger partial charge in [-0.25, -0.2) is 9.98 Å². The lowest BCUT2D eigenvalue weighted by Crippen LogP contribution is -2.52. The van der Waals surface area contributed by atoms with Crippen LogP contribution in [0.3, 0.4) is 0 Å². The second-order valence-corrected chi connectivity index (χ2v) is 8.64. The Bertz CT molecular complexity index is 997. The number of halogens is 4. The highest BCUT2D eigenvalue weighted by Gasteiger charge is 2.50. The fourth-order valence-electron chi connectivity index (χ4n) is 4.22. The number of hydrogen-bond acceptors (Lipinski definition) is 3. The summed E-state index contributed by atoms with van der Waals surface area (Å²) in [6.07, 6.45) is 2.29. The molecule has 1 aliphatic heterocycles. The van der Waals surface area contributed by atoms with E-state index in [2.05, 4.69) is 9.89 Å². The molecular formula is C22H21ClF3N3S. The zero-order chi connectivity index (χ0) is 21.4. The summed E-state index contributed by atoms with van der Waals surface area (Å²) in [4.78, 5) is 11.6. The summed E-state index contributed by atoms with van der Waals surface area (Å²) in [6.45, 7) is 0. The quantitative estimate of drug-likeness (QED) is 0.478. The molecule has 30 heavy (non-hydrogen) atoms. The van der Waals surface area contributed by atoms with Crippen molar-refractivity contribution in [3.05, 3.63) is 59.1 Å². The van der Waals surface area contributed by atoms with Gasteiger partial charge in [0.1, 0.15) is 5.54 Å². The topological polar surface area (TPSA) is 28.0 Å². The average Bonchev–Trinajstić information content (AvgIpc) is 3.01. The monoisotopic (exact) mass is 451 g/mol. The van der Waals surface area contributed by atoms with Crippen LogP contribution in [0.5, 0.6) is 0 Å². The molecule has 2 aliphatic rings. The van der Waals surface area contributed by atoms with Gasteiger partial charge in [0.05, 0.1) is 22.0 Å². The van der Waals surface area contributed by atoms with Crippen molar-refractivity contribution in [2.24, 2.45) is 9.98 Å². The van der Waals surface area contributed by atoms with Gasteiger partial charge < -0.3 is 4.90 Å². The highest BCUT2D eigenvalue weighted by Crippen LogP contribution is 2.46. The Morgan fingerprint density at radius 2 is 1.80 bits per heavy atom. The number of aliphatic imine (C=N–C) groups is 2. The van der Waals surface area contributed by atoms with Gasteiger partial charge in [-0.3, -0.25) is 0 Å². The van der Waals surface area contributed by atoms with Gasteiger partial charge in [-0.2, -0.15) is 13.2 Å². The first-order chi connectivity index (χ1) is 14.3. The number of benzene rings is 2. The summed E-state index contributed by atoms with van der Waals surface area (Å²) in [7, 11) is 0. The van der Waals surface area contributed by atoms with Crippen LogP contribution in [0.25, 0.3) is 0 Å². The van der Waals surface area contributed by atoms with E-state index in [4.69, 9.17) is 16.6 Å². The molecule has 0 amide bonds. The zero-order valence-corrected chi connectivity index (χ0v) is 18.0. The predicted molar refractivity (Wildman–Crippen MR) is 119 cm³/mol. The molecule has 0 atom stereocenters. The number of hydrogen-bond donors (Lipinski definition) is 0. The highest BCUT2D eigenvalue weighted by molar-refractivity contribution is 8.13. The number of anilines is 1. The minimum absolute atomic E-state index is 0.259. The molecule has 8 heteroatoms. The summed E-state index contributed by atoms with van der Waals surface area (Å²) in [6, 6.07) is 12.7. The molecule has 1 spiro atoms. The van der Waals surface area contributed by atoms with Gasteiger partial charge in [0.2, 0.25) is 0 Å². The van der Waals surface area contributed by atoms with E-state index in [9.17, 15) is 13.2 Å². The predicted octanol–water partition coefficient (Wildman–Crippen LogP) is 7.33. The maximum Gasteiger partial charge on any atom is 0.416 e. The third-order valence-corrected chi connectivity index (χ3v) is 6.56. The van der Waals surface area contributed by atoms with Gasteiger partial charge in [-0.15, -0.1) is 0 Å². The van der Waals surface area contributed by atoms with Crippen LogP contribution < -0.4 is 4.90 Å². The molecule has 1 saturated carbocycles. The Labute approximate surface area is 183 Å². The zero-order valence-electron chi connectivity index (χ0n) is 16.4. The lowest BCUT2D eigenvalue weighted by Gasteiger charge is -2.42. The molecule has 0 N–H and O–H groups in total. The summed E-state index contributed by atoms with van der Waals surface area (Å²) in [5.74, 6) is 0.561. The van der Waals surface area contributed by atoms with Gasteiger partial charge in [0.25, 0.3) is 0 Å². The molecule has 0 radical (unpaired) electrons. The van der Waals surface area contributed by atoms with Gasteiger partial charge in [-0.05, 0) is 49.4 Å². The van der Waals surface area contributed by atoms with Crippen molar-refractivity contribution < 1.29 is 13.2 Å². The van der Waals surface area contributed by atoms with Crippen molar-refractivity contribution >= 4 is 45.7 Å². The largest absolute Gasteiger partial charge is 0.416 e. The maximum atomic E-state index is 13.2. The smallest absolute Gasteiger partial charge is 0.306 e. The molecule has 1 heterocycles. The molecule has 3 nitrogen and oxygen atoms in total. The van der Waals surface area contributed by atoms with Crippen molar-refractivity contribution in [3.63, 3.8) is 0 Å². The van der Waals surface area contributed by atoms with Crippen LogP contribution in [0, 0.1) is 0 Å². The molecule has 1 fully saturated rings. The minimum Gasteiger partial charge on any atom is -0.306 e. The lowest BCUT2D eigenvalue weighted by atomic mass is 9.79. The first-order valence-corrected chi connectivity index (χ1v) is 11.4. The molecule has 158 valence electrons. The van der Waals surface area contributed by atoms with E-state index in [-0.39, 0.29) is 5.69 Å². The van der Waals surface area contributed by atoms with Crippen LogP contribution in [0.4, 0.5) is 24.5 Å².